The molecule has 6 nitrogen and oxygen atoms in total. The molecule has 1 aromatic carbocycles. The summed E-state index contributed by atoms with van der Waals surface area (Å²) >= 11 is 0. The average Bonchev–Trinajstić information content (AvgIpc) is 2.49. The maximum atomic E-state index is 13.3. The molecule has 0 spiro atoms. The minimum absolute atomic E-state index is 0.0165. The van der Waals surface area contributed by atoms with Crippen molar-refractivity contribution in [3.8, 4) is 5.75 Å². The van der Waals surface area contributed by atoms with E-state index in [-0.39, 0.29) is 30.4 Å². The summed E-state index contributed by atoms with van der Waals surface area (Å²) in [6, 6.07) is 3.35. The smallest absolute Gasteiger partial charge is 0.246 e. The summed E-state index contributed by atoms with van der Waals surface area (Å²) in [6.07, 6.45) is -0.262. The predicted octanol–water partition coefficient (Wildman–Crippen LogP) is 1.04. The van der Waals surface area contributed by atoms with Crippen molar-refractivity contribution in [2.24, 2.45) is 11.7 Å². The normalized spacial score (nSPS) is 18.2. The molecule has 0 radical (unpaired) electrons. The predicted molar refractivity (Wildman–Crippen MR) is 84.7 cm³/mol. The van der Waals surface area contributed by atoms with E-state index in [9.17, 15) is 14.0 Å². The fraction of sp³-hybridized carbons (Fsp3) is 0.500. The molecule has 2 amide bonds. The Labute approximate surface area is 134 Å². The number of anilines is 1. The molecule has 0 bridgehead atoms. The standard InChI is InChI=1S/C16H22FN3O3/c1-9(2)15(18)16(22)19-7-14(21)20-8-10(3)23-13-6-11(17)4-5-12(13)20/h4-6,9-10,15H,7-8,18H2,1-3H3,(H,19,22)/t10?,15-/m0/s1. The molecule has 0 fully saturated rings. The van der Waals surface area contributed by atoms with E-state index in [4.69, 9.17) is 10.5 Å². The average molecular weight is 323 g/mol. The number of ether oxygens (including phenoxy) is 1. The van der Waals surface area contributed by atoms with Gasteiger partial charge in [-0.05, 0) is 25.0 Å². The summed E-state index contributed by atoms with van der Waals surface area (Å²) in [5, 5.41) is 2.55. The number of halogens is 1. The molecule has 2 atom stereocenters. The Bertz CT molecular complexity index is 606. The zero-order valence-electron chi connectivity index (χ0n) is 13.5. The number of nitrogens with one attached hydrogen (secondary N) is 1. The van der Waals surface area contributed by atoms with Crippen LogP contribution in [0.3, 0.4) is 0 Å². The van der Waals surface area contributed by atoms with Crippen LogP contribution in [0.5, 0.6) is 5.75 Å². The Kier molecular flexibility index (Phi) is 5.20. The van der Waals surface area contributed by atoms with Gasteiger partial charge in [-0.25, -0.2) is 4.39 Å². The Morgan fingerprint density at radius 1 is 1.48 bits per heavy atom. The number of carbonyl (C=O) groups excluding carboxylic acids is 2. The van der Waals surface area contributed by atoms with Gasteiger partial charge in [0, 0.05) is 6.07 Å². The molecule has 0 saturated carbocycles. The van der Waals surface area contributed by atoms with Crippen molar-refractivity contribution in [3.05, 3.63) is 24.0 Å². The molecule has 126 valence electrons. The van der Waals surface area contributed by atoms with Gasteiger partial charge >= 0.3 is 0 Å². The van der Waals surface area contributed by atoms with E-state index in [0.717, 1.165) is 0 Å². The summed E-state index contributed by atoms with van der Waals surface area (Å²) in [5.74, 6) is -0.785. The third kappa shape index (κ3) is 3.98. The first-order chi connectivity index (χ1) is 10.8. The highest BCUT2D eigenvalue weighted by Gasteiger charge is 2.28. The van der Waals surface area contributed by atoms with Gasteiger partial charge in [0.15, 0.2) is 0 Å². The maximum Gasteiger partial charge on any atom is 0.246 e. The van der Waals surface area contributed by atoms with Gasteiger partial charge in [-0.15, -0.1) is 0 Å². The molecule has 3 N–H and O–H groups in total. The summed E-state index contributed by atoms with van der Waals surface area (Å²) in [7, 11) is 0. The van der Waals surface area contributed by atoms with Crippen LogP contribution in [0.2, 0.25) is 0 Å². The van der Waals surface area contributed by atoms with E-state index >= 15 is 0 Å². The molecule has 1 heterocycles. The minimum atomic E-state index is -0.659. The van der Waals surface area contributed by atoms with Crippen LogP contribution in [0.1, 0.15) is 20.8 Å². The first-order valence-corrected chi connectivity index (χ1v) is 7.59. The molecular weight excluding hydrogens is 301 g/mol. The summed E-state index contributed by atoms with van der Waals surface area (Å²) < 4.78 is 18.9. The zero-order chi connectivity index (χ0) is 17.1. The van der Waals surface area contributed by atoms with Crippen LogP contribution in [0, 0.1) is 11.7 Å². The van der Waals surface area contributed by atoms with Crippen LogP contribution in [-0.4, -0.2) is 37.0 Å². The number of benzene rings is 1. The number of rotatable bonds is 4. The van der Waals surface area contributed by atoms with Crippen molar-refractivity contribution in [2.45, 2.75) is 32.9 Å². The lowest BCUT2D eigenvalue weighted by Gasteiger charge is -2.33. The van der Waals surface area contributed by atoms with E-state index < -0.39 is 11.9 Å². The number of nitrogens with two attached hydrogens (primary N) is 1. The van der Waals surface area contributed by atoms with Crippen molar-refractivity contribution in [1.29, 1.82) is 0 Å². The largest absolute Gasteiger partial charge is 0.487 e. The lowest BCUT2D eigenvalue weighted by atomic mass is 10.1. The Morgan fingerprint density at radius 3 is 2.83 bits per heavy atom. The zero-order valence-corrected chi connectivity index (χ0v) is 13.5. The van der Waals surface area contributed by atoms with Crippen LogP contribution in [0.4, 0.5) is 10.1 Å². The molecule has 1 aromatic rings. The van der Waals surface area contributed by atoms with Gasteiger partial charge in [0.1, 0.15) is 17.7 Å². The van der Waals surface area contributed by atoms with Gasteiger partial charge in [-0.1, -0.05) is 13.8 Å². The molecular formula is C16H22FN3O3. The van der Waals surface area contributed by atoms with E-state index in [1.807, 2.05) is 13.8 Å². The van der Waals surface area contributed by atoms with Crippen molar-refractivity contribution in [3.63, 3.8) is 0 Å². The summed E-state index contributed by atoms with van der Waals surface area (Å²) in [5.41, 5.74) is 6.24. The fourth-order valence-corrected chi connectivity index (χ4v) is 2.33. The number of hydrogen-bond donors (Lipinski definition) is 2. The van der Waals surface area contributed by atoms with Gasteiger partial charge in [0.05, 0.1) is 24.8 Å². The van der Waals surface area contributed by atoms with E-state index in [2.05, 4.69) is 5.32 Å². The lowest BCUT2D eigenvalue weighted by Crippen LogP contribution is -2.50. The van der Waals surface area contributed by atoms with Crippen LogP contribution in [-0.2, 0) is 9.59 Å². The van der Waals surface area contributed by atoms with Crippen molar-refractivity contribution >= 4 is 17.5 Å². The summed E-state index contributed by atoms with van der Waals surface area (Å²) in [4.78, 5) is 25.7. The lowest BCUT2D eigenvalue weighted by molar-refractivity contribution is -0.126. The van der Waals surface area contributed by atoms with Gasteiger partial charge in [-0.2, -0.15) is 0 Å². The van der Waals surface area contributed by atoms with Gasteiger partial charge in [0.25, 0.3) is 0 Å². The highest BCUT2D eigenvalue weighted by Crippen LogP contribution is 2.33. The van der Waals surface area contributed by atoms with E-state index in [1.54, 1.807) is 6.92 Å². The van der Waals surface area contributed by atoms with E-state index in [1.165, 1.54) is 23.1 Å². The Morgan fingerprint density at radius 2 is 2.17 bits per heavy atom. The number of fused-ring (bicyclic) bond motifs is 1. The monoisotopic (exact) mass is 323 g/mol. The van der Waals surface area contributed by atoms with Gasteiger partial charge in [0.2, 0.25) is 11.8 Å². The molecule has 1 aliphatic heterocycles. The Hall–Kier alpha value is -2.15. The molecule has 0 aromatic heterocycles. The third-order valence-electron chi connectivity index (χ3n) is 3.72. The van der Waals surface area contributed by atoms with Crippen molar-refractivity contribution < 1.29 is 18.7 Å². The number of hydrogen-bond acceptors (Lipinski definition) is 4. The number of carbonyl (C=O) groups is 2. The molecule has 1 aliphatic rings. The summed E-state index contributed by atoms with van der Waals surface area (Å²) in [6.45, 7) is 5.63. The van der Waals surface area contributed by atoms with Crippen LogP contribution in [0.15, 0.2) is 18.2 Å². The van der Waals surface area contributed by atoms with Crippen molar-refractivity contribution in [1.82, 2.24) is 5.32 Å². The topological polar surface area (TPSA) is 84.7 Å². The highest BCUT2D eigenvalue weighted by atomic mass is 19.1. The number of nitrogens with zero attached hydrogens (tertiary/aromatic N) is 1. The van der Waals surface area contributed by atoms with Crippen LogP contribution >= 0.6 is 0 Å². The quantitative estimate of drug-likeness (QED) is 0.867. The minimum Gasteiger partial charge on any atom is -0.487 e. The first-order valence-electron chi connectivity index (χ1n) is 7.59. The molecule has 23 heavy (non-hydrogen) atoms. The molecule has 0 aliphatic carbocycles. The second kappa shape index (κ2) is 6.95. The van der Waals surface area contributed by atoms with E-state index in [0.29, 0.717) is 18.0 Å². The van der Waals surface area contributed by atoms with Gasteiger partial charge in [-0.3, -0.25) is 9.59 Å². The molecule has 7 heteroatoms. The second-order valence-corrected chi connectivity index (χ2v) is 6.03. The maximum absolute atomic E-state index is 13.3. The van der Waals surface area contributed by atoms with Gasteiger partial charge < -0.3 is 20.7 Å². The first kappa shape index (κ1) is 17.2. The molecule has 0 saturated heterocycles. The fourth-order valence-electron chi connectivity index (χ4n) is 2.33. The van der Waals surface area contributed by atoms with Crippen LogP contribution < -0.4 is 20.7 Å². The second-order valence-electron chi connectivity index (χ2n) is 6.03. The molecule has 2 rings (SSSR count). The van der Waals surface area contributed by atoms with Crippen molar-refractivity contribution in [2.75, 3.05) is 18.0 Å². The third-order valence-corrected chi connectivity index (χ3v) is 3.72. The van der Waals surface area contributed by atoms with Crippen LogP contribution in [0.25, 0.3) is 0 Å². The number of amides is 2. The Balaban J connectivity index is 2.07. The highest BCUT2D eigenvalue weighted by molar-refractivity contribution is 5.98. The molecule has 1 unspecified atom stereocenters. The SMILES string of the molecule is CC1CN(C(=O)CNC(=O)[C@@H](N)C(C)C)c2ccc(F)cc2O1.